The number of carboxylic acids is 1. The lowest BCUT2D eigenvalue weighted by Gasteiger charge is -2.37. The summed E-state index contributed by atoms with van der Waals surface area (Å²) >= 11 is 5.74. The maximum absolute atomic E-state index is 14.1. The molecule has 0 spiro atoms. The van der Waals surface area contributed by atoms with Crippen LogP contribution in [0, 0.1) is 11.3 Å². The highest BCUT2D eigenvalue weighted by atomic mass is 35.5. The zero-order valence-electron chi connectivity index (χ0n) is 33.6. The maximum atomic E-state index is 14.1. The van der Waals surface area contributed by atoms with Gasteiger partial charge in [-0.25, -0.2) is 4.79 Å². The average Bonchev–Trinajstić information content (AvgIpc) is 3.30. The van der Waals surface area contributed by atoms with Gasteiger partial charge in [0.1, 0.15) is 30.2 Å². The van der Waals surface area contributed by atoms with Crippen LogP contribution in [0.4, 0.5) is 18.9 Å². The summed E-state index contributed by atoms with van der Waals surface area (Å²) in [5.74, 6) is -2.19. The Morgan fingerprint density at radius 1 is 0.891 bits per heavy atom. The molecule has 8 rings (SSSR count). The first-order chi connectivity index (χ1) is 30.7. The fourth-order valence-electron chi connectivity index (χ4n) is 7.66. The first-order valence-electron chi connectivity index (χ1n) is 19.9. The zero-order chi connectivity index (χ0) is 45.1. The van der Waals surface area contributed by atoms with E-state index in [0.717, 1.165) is 23.3 Å². The summed E-state index contributed by atoms with van der Waals surface area (Å²) in [6.45, 7) is -0.197. The quantitative estimate of drug-likeness (QED) is 0.116. The number of carbonyl (C=O) groups excluding carboxylic acids is 3. The number of alkyl halides is 3. The second-order valence-electron chi connectivity index (χ2n) is 15.3. The third kappa shape index (κ3) is 9.40. The van der Waals surface area contributed by atoms with Crippen molar-refractivity contribution in [2.45, 2.75) is 50.4 Å². The van der Waals surface area contributed by atoms with Crippen molar-refractivity contribution in [3.63, 3.8) is 0 Å². The topological polar surface area (TPSA) is 158 Å². The molecule has 11 nitrogen and oxygen atoms in total. The molecule has 0 radical (unpaired) electrons. The number of hydrogen-bond acceptors (Lipinski definition) is 7. The molecule has 2 aliphatic heterocycles. The molecule has 3 atom stereocenters. The van der Waals surface area contributed by atoms with Gasteiger partial charge in [0.25, 0.3) is 11.8 Å². The number of ether oxygens (including phenoxy) is 2. The third-order valence-electron chi connectivity index (χ3n) is 11.0. The van der Waals surface area contributed by atoms with Gasteiger partial charge in [-0.05, 0) is 94.0 Å². The fourth-order valence-corrected chi connectivity index (χ4v) is 7.89. The standard InChI is InChI=1S/C49H36ClF3N4O7/c50-39-19-10-30(20-38(39)49(51,52)53)27-63-37-17-15-33(16-18-37)44-46(59)55-40-22-35-23-42(57(26-36(35)24-43(40)64-44)47(60)34-4-2-1-3-5-34)45(58)56-41(48(61)62)21-28-6-11-31(12-7-28)32-13-8-29(25-54)9-14-32/h1-20,22,24,41-42,44H,21,23,26-27H2,(H,55,59)(H,56,58)(H,61,62)/t41?,42-,44-/m0/s1. The number of nitrogens with one attached hydrogen (secondary N) is 2. The van der Waals surface area contributed by atoms with E-state index in [1.165, 1.54) is 11.0 Å². The summed E-state index contributed by atoms with van der Waals surface area (Å²) in [6, 6.07) is 35.6. The molecule has 6 aromatic carbocycles. The Kier molecular flexibility index (Phi) is 12.1. The van der Waals surface area contributed by atoms with Gasteiger partial charge < -0.3 is 30.1 Å². The number of carbonyl (C=O) groups is 4. The molecule has 6 aromatic rings. The maximum Gasteiger partial charge on any atom is 0.417 e. The molecule has 3 N–H and O–H groups in total. The molecular formula is C49H36ClF3N4O7. The van der Waals surface area contributed by atoms with Crippen LogP contribution in [0.2, 0.25) is 5.02 Å². The van der Waals surface area contributed by atoms with Gasteiger partial charge in [-0.2, -0.15) is 18.4 Å². The van der Waals surface area contributed by atoms with Crippen molar-refractivity contribution in [3.05, 3.63) is 183 Å². The molecule has 0 fully saturated rings. The Labute approximate surface area is 369 Å². The van der Waals surface area contributed by atoms with Crippen LogP contribution in [-0.2, 0) is 46.6 Å². The second kappa shape index (κ2) is 18.0. The zero-order valence-corrected chi connectivity index (χ0v) is 34.3. The van der Waals surface area contributed by atoms with Crippen LogP contribution >= 0.6 is 11.6 Å². The molecule has 1 unspecified atom stereocenters. The molecule has 15 heteroatoms. The molecule has 64 heavy (non-hydrogen) atoms. The summed E-state index contributed by atoms with van der Waals surface area (Å²) < 4.78 is 51.9. The van der Waals surface area contributed by atoms with Gasteiger partial charge >= 0.3 is 12.1 Å². The number of benzene rings is 6. The number of fused-ring (bicyclic) bond motifs is 2. The Morgan fingerprint density at radius 2 is 1.56 bits per heavy atom. The predicted molar refractivity (Wildman–Crippen MR) is 229 cm³/mol. The van der Waals surface area contributed by atoms with Crippen molar-refractivity contribution in [2.75, 3.05) is 5.32 Å². The van der Waals surface area contributed by atoms with E-state index < -0.39 is 58.6 Å². The minimum Gasteiger partial charge on any atom is -0.489 e. The average molecular weight is 885 g/mol. The molecule has 0 aliphatic carbocycles. The van der Waals surface area contributed by atoms with E-state index in [1.807, 2.05) is 24.3 Å². The van der Waals surface area contributed by atoms with Crippen LogP contribution in [0.5, 0.6) is 11.5 Å². The van der Waals surface area contributed by atoms with E-state index in [0.29, 0.717) is 50.6 Å². The summed E-state index contributed by atoms with van der Waals surface area (Å²) in [6.07, 6.45) is -5.74. The number of halogens is 4. The van der Waals surface area contributed by atoms with Crippen LogP contribution in [0.15, 0.2) is 133 Å². The van der Waals surface area contributed by atoms with E-state index >= 15 is 0 Å². The molecule has 0 saturated heterocycles. The summed E-state index contributed by atoms with van der Waals surface area (Å²) in [5, 5.41) is 24.5. The molecule has 0 bridgehead atoms. The van der Waals surface area contributed by atoms with Gasteiger partial charge in [-0.1, -0.05) is 84.4 Å². The van der Waals surface area contributed by atoms with Gasteiger partial charge in [0.15, 0.2) is 0 Å². The van der Waals surface area contributed by atoms with Crippen LogP contribution in [0.25, 0.3) is 11.1 Å². The van der Waals surface area contributed by atoms with E-state index in [4.69, 9.17) is 26.3 Å². The number of rotatable bonds is 11. The minimum atomic E-state index is -4.62. The number of carboxylic acid groups (broad SMARTS) is 1. The van der Waals surface area contributed by atoms with Gasteiger partial charge in [0.05, 0.1) is 27.9 Å². The fraction of sp³-hybridized carbons (Fsp3) is 0.163. The summed E-state index contributed by atoms with van der Waals surface area (Å²) in [4.78, 5) is 55.6. The number of aliphatic carboxylic acids is 1. The largest absolute Gasteiger partial charge is 0.489 e. The van der Waals surface area contributed by atoms with Gasteiger partial charge in [-0.3, -0.25) is 14.4 Å². The molecule has 0 aromatic heterocycles. The van der Waals surface area contributed by atoms with Crippen molar-refractivity contribution >= 4 is 41.0 Å². The Hall–Kier alpha value is -7.63. The number of nitrogens with zero attached hydrogens (tertiary/aromatic N) is 2. The Bertz CT molecular complexity index is 2800. The van der Waals surface area contributed by atoms with Gasteiger partial charge in [0.2, 0.25) is 12.0 Å². The van der Waals surface area contributed by atoms with E-state index in [9.17, 15) is 37.5 Å². The SMILES string of the molecule is N#Cc1ccc(-c2ccc(CC(NC(=O)[C@@H]3Cc4cc5c(cc4CN3C(=O)c3ccccc3)O[C@@H](c3ccc(OCc4ccc(Cl)c(C(F)(F)F)c4)cc3)C(=O)N5)C(=O)O)cc2)cc1. The molecule has 322 valence electrons. The summed E-state index contributed by atoms with van der Waals surface area (Å²) in [7, 11) is 0. The van der Waals surface area contributed by atoms with Gasteiger partial charge in [0, 0.05) is 30.5 Å². The van der Waals surface area contributed by atoms with Crippen molar-refractivity contribution in [1.82, 2.24) is 10.2 Å². The van der Waals surface area contributed by atoms with Crippen LogP contribution in [0.3, 0.4) is 0 Å². The van der Waals surface area contributed by atoms with Crippen LogP contribution in [-0.4, -0.2) is 45.8 Å². The number of hydrogen-bond donors (Lipinski definition) is 3. The number of nitriles is 1. The number of anilines is 1. The van der Waals surface area contributed by atoms with E-state index in [-0.39, 0.29) is 31.6 Å². The Morgan fingerprint density at radius 3 is 2.22 bits per heavy atom. The van der Waals surface area contributed by atoms with Gasteiger partial charge in [-0.15, -0.1) is 0 Å². The molecule has 0 saturated carbocycles. The van der Waals surface area contributed by atoms with Crippen molar-refractivity contribution in [2.24, 2.45) is 0 Å². The molecule has 3 amide bonds. The third-order valence-corrected chi connectivity index (χ3v) is 11.4. The summed E-state index contributed by atoms with van der Waals surface area (Å²) in [5.41, 5.74) is 4.66. The normalized spacial score (nSPS) is 15.9. The first kappa shape index (κ1) is 43.0. The predicted octanol–water partition coefficient (Wildman–Crippen LogP) is 8.93. The van der Waals surface area contributed by atoms with E-state index in [1.54, 1.807) is 91.0 Å². The lowest BCUT2D eigenvalue weighted by atomic mass is 9.91. The second-order valence-corrected chi connectivity index (χ2v) is 15.7. The van der Waals surface area contributed by atoms with Crippen LogP contribution in [0.1, 0.15) is 55.4 Å². The highest BCUT2D eigenvalue weighted by molar-refractivity contribution is 6.31. The number of amides is 3. The minimum absolute atomic E-state index is 0.00689. The molecule has 2 aliphatic rings. The van der Waals surface area contributed by atoms with E-state index in [2.05, 4.69) is 16.7 Å². The lowest BCUT2D eigenvalue weighted by molar-refractivity contribution is -0.142. The van der Waals surface area contributed by atoms with Crippen molar-refractivity contribution < 1.29 is 46.9 Å². The van der Waals surface area contributed by atoms with Crippen LogP contribution < -0.4 is 20.1 Å². The Balaban J connectivity index is 0.982. The highest BCUT2D eigenvalue weighted by Crippen LogP contribution is 2.40. The van der Waals surface area contributed by atoms with Crippen molar-refractivity contribution in [1.29, 1.82) is 5.26 Å². The monoisotopic (exact) mass is 884 g/mol. The van der Waals surface area contributed by atoms with Crippen molar-refractivity contribution in [3.8, 4) is 28.7 Å². The molecule has 2 heterocycles. The first-order valence-corrected chi connectivity index (χ1v) is 20.3. The molecular weight excluding hydrogens is 849 g/mol. The smallest absolute Gasteiger partial charge is 0.417 e. The highest BCUT2D eigenvalue weighted by Gasteiger charge is 2.39. The lowest BCUT2D eigenvalue weighted by Crippen LogP contribution is -2.56.